The number of hydrogen-bond acceptors (Lipinski definition) is 4. The molecule has 0 bridgehead atoms. The summed E-state index contributed by atoms with van der Waals surface area (Å²) in [5.74, 6) is -0.538. The Balaban J connectivity index is 1.81. The molecule has 0 spiro atoms. The second-order valence-corrected chi connectivity index (χ2v) is 6.18. The first-order valence-electron chi connectivity index (χ1n) is 8.62. The van der Waals surface area contributed by atoms with Gasteiger partial charge in [-0.25, -0.2) is 4.98 Å². The Hall–Kier alpha value is -3.48. The summed E-state index contributed by atoms with van der Waals surface area (Å²) < 4.78 is 1.25. The van der Waals surface area contributed by atoms with Crippen molar-refractivity contribution in [3.05, 3.63) is 70.3 Å². The van der Waals surface area contributed by atoms with Crippen LogP contribution in [0.4, 0.5) is 5.69 Å². The van der Waals surface area contributed by atoms with Crippen LogP contribution in [0.1, 0.15) is 22.8 Å². The second kappa shape index (κ2) is 7.82. The van der Waals surface area contributed by atoms with E-state index in [0.29, 0.717) is 28.7 Å². The molecular weight excluding hydrogens is 344 g/mol. The average molecular weight is 364 g/mol. The zero-order valence-corrected chi connectivity index (χ0v) is 15.2. The topological polar surface area (TPSA) is 93.1 Å². The van der Waals surface area contributed by atoms with Gasteiger partial charge in [-0.3, -0.25) is 19.0 Å². The van der Waals surface area contributed by atoms with Gasteiger partial charge in [0.1, 0.15) is 6.54 Å². The van der Waals surface area contributed by atoms with Gasteiger partial charge in [-0.05, 0) is 44.2 Å². The van der Waals surface area contributed by atoms with Gasteiger partial charge in [0.2, 0.25) is 5.91 Å². The molecule has 0 atom stereocenters. The fourth-order valence-electron chi connectivity index (χ4n) is 2.67. The highest BCUT2D eigenvalue weighted by atomic mass is 16.2. The molecule has 7 nitrogen and oxygen atoms in total. The molecule has 1 aromatic heterocycles. The van der Waals surface area contributed by atoms with Crippen molar-refractivity contribution in [3.63, 3.8) is 0 Å². The summed E-state index contributed by atoms with van der Waals surface area (Å²) in [4.78, 5) is 41.0. The SMILES string of the molecule is CCNC(=O)c1ccc2c(=O)n(CC(=O)Nc3ccc(C)cc3)cnc2c1. The van der Waals surface area contributed by atoms with E-state index < -0.39 is 0 Å². The standard InChI is InChI=1S/C20H20N4O3/c1-3-21-19(26)14-6-9-16-17(10-14)22-12-24(20(16)27)11-18(25)23-15-7-4-13(2)5-8-15/h4-10,12H,3,11H2,1-2H3,(H,21,26)(H,23,25). The van der Waals surface area contributed by atoms with Crippen molar-refractivity contribution in [1.29, 1.82) is 0 Å². The van der Waals surface area contributed by atoms with E-state index in [1.54, 1.807) is 30.3 Å². The van der Waals surface area contributed by atoms with Gasteiger partial charge in [-0.15, -0.1) is 0 Å². The highest BCUT2D eigenvalue weighted by Gasteiger charge is 2.11. The second-order valence-electron chi connectivity index (χ2n) is 6.18. The van der Waals surface area contributed by atoms with Crippen molar-refractivity contribution in [2.45, 2.75) is 20.4 Å². The lowest BCUT2D eigenvalue weighted by Crippen LogP contribution is -2.28. The number of hydrogen-bond donors (Lipinski definition) is 2. The number of anilines is 1. The molecule has 0 unspecified atom stereocenters. The van der Waals surface area contributed by atoms with Gasteiger partial charge >= 0.3 is 0 Å². The molecule has 0 aliphatic carbocycles. The number of nitrogens with zero attached hydrogens (tertiary/aromatic N) is 2. The quantitative estimate of drug-likeness (QED) is 0.725. The summed E-state index contributed by atoms with van der Waals surface area (Å²) >= 11 is 0. The van der Waals surface area contributed by atoms with Gasteiger partial charge in [0, 0.05) is 17.8 Å². The largest absolute Gasteiger partial charge is 0.352 e. The van der Waals surface area contributed by atoms with Crippen LogP contribution in [0.15, 0.2) is 53.6 Å². The molecule has 0 aliphatic rings. The molecule has 3 aromatic rings. The van der Waals surface area contributed by atoms with Crippen LogP contribution in [0.2, 0.25) is 0 Å². The van der Waals surface area contributed by atoms with Crippen molar-refractivity contribution >= 4 is 28.4 Å². The van der Waals surface area contributed by atoms with Crippen LogP contribution >= 0.6 is 0 Å². The Morgan fingerprint density at radius 3 is 2.56 bits per heavy atom. The van der Waals surface area contributed by atoms with Crippen LogP contribution in [0.3, 0.4) is 0 Å². The molecule has 7 heteroatoms. The highest BCUT2D eigenvalue weighted by Crippen LogP contribution is 2.11. The molecular formula is C20H20N4O3. The smallest absolute Gasteiger partial charge is 0.261 e. The van der Waals surface area contributed by atoms with E-state index in [-0.39, 0.29) is 23.9 Å². The van der Waals surface area contributed by atoms with Crippen molar-refractivity contribution in [2.24, 2.45) is 0 Å². The Labute approximate surface area is 156 Å². The number of fused-ring (bicyclic) bond motifs is 1. The van der Waals surface area contributed by atoms with Crippen molar-refractivity contribution in [2.75, 3.05) is 11.9 Å². The number of aromatic nitrogens is 2. The Morgan fingerprint density at radius 1 is 1.11 bits per heavy atom. The van der Waals surface area contributed by atoms with E-state index in [1.165, 1.54) is 10.9 Å². The fraction of sp³-hybridized carbons (Fsp3) is 0.200. The number of carbonyl (C=O) groups excluding carboxylic acids is 2. The Bertz CT molecular complexity index is 1060. The number of benzene rings is 2. The van der Waals surface area contributed by atoms with Crippen molar-refractivity contribution in [1.82, 2.24) is 14.9 Å². The monoisotopic (exact) mass is 364 g/mol. The third-order valence-corrected chi connectivity index (χ3v) is 4.07. The Morgan fingerprint density at radius 2 is 1.85 bits per heavy atom. The van der Waals surface area contributed by atoms with E-state index in [9.17, 15) is 14.4 Å². The van der Waals surface area contributed by atoms with Crippen LogP contribution in [0.5, 0.6) is 0 Å². The third-order valence-electron chi connectivity index (χ3n) is 4.07. The van der Waals surface area contributed by atoms with E-state index >= 15 is 0 Å². The van der Waals surface area contributed by atoms with Crippen molar-refractivity contribution < 1.29 is 9.59 Å². The minimum Gasteiger partial charge on any atom is -0.352 e. The third kappa shape index (κ3) is 4.20. The molecule has 0 fully saturated rings. The zero-order chi connectivity index (χ0) is 19.4. The lowest BCUT2D eigenvalue weighted by molar-refractivity contribution is -0.116. The summed E-state index contributed by atoms with van der Waals surface area (Å²) in [6, 6.07) is 12.1. The molecule has 1 heterocycles. The maximum Gasteiger partial charge on any atom is 0.261 e. The maximum atomic E-state index is 12.6. The van der Waals surface area contributed by atoms with Gasteiger partial charge in [-0.2, -0.15) is 0 Å². The van der Waals surface area contributed by atoms with E-state index in [1.807, 2.05) is 26.0 Å². The first kappa shape index (κ1) is 18.3. The summed E-state index contributed by atoms with van der Waals surface area (Å²) in [6.07, 6.45) is 1.32. The molecule has 0 saturated carbocycles. The predicted molar refractivity (Wildman–Crippen MR) is 104 cm³/mol. The minimum absolute atomic E-state index is 0.145. The summed E-state index contributed by atoms with van der Waals surface area (Å²) in [6.45, 7) is 4.16. The molecule has 0 aliphatic heterocycles. The molecule has 0 radical (unpaired) electrons. The average Bonchev–Trinajstić information content (AvgIpc) is 2.66. The summed E-state index contributed by atoms with van der Waals surface area (Å²) in [5.41, 5.74) is 2.28. The van der Waals surface area contributed by atoms with Crippen LogP contribution in [0, 0.1) is 6.92 Å². The van der Waals surface area contributed by atoms with E-state index in [2.05, 4.69) is 15.6 Å². The zero-order valence-electron chi connectivity index (χ0n) is 15.2. The van der Waals surface area contributed by atoms with E-state index in [0.717, 1.165) is 5.56 Å². The van der Waals surface area contributed by atoms with Gasteiger partial charge in [0.25, 0.3) is 11.5 Å². The normalized spacial score (nSPS) is 10.6. The first-order chi connectivity index (χ1) is 13.0. The maximum absolute atomic E-state index is 12.6. The number of rotatable bonds is 5. The fourth-order valence-corrected chi connectivity index (χ4v) is 2.67. The number of amides is 2. The lowest BCUT2D eigenvalue weighted by Gasteiger charge is -2.09. The lowest BCUT2D eigenvalue weighted by atomic mass is 10.1. The molecule has 27 heavy (non-hydrogen) atoms. The summed E-state index contributed by atoms with van der Waals surface area (Å²) in [7, 11) is 0. The summed E-state index contributed by atoms with van der Waals surface area (Å²) in [5, 5.41) is 5.81. The number of aryl methyl sites for hydroxylation is 1. The molecule has 2 amide bonds. The molecule has 2 N–H and O–H groups in total. The molecule has 0 saturated heterocycles. The first-order valence-corrected chi connectivity index (χ1v) is 8.62. The Kier molecular flexibility index (Phi) is 5.30. The van der Waals surface area contributed by atoms with E-state index in [4.69, 9.17) is 0 Å². The van der Waals surface area contributed by atoms with Gasteiger partial charge in [-0.1, -0.05) is 17.7 Å². The van der Waals surface area contributed by atoms with Crippen LogP contribution in [-0.2, 0) is 11.3 Å². The number of carbonyl (C=O) groups is 2. The van der Waals surface area contributed by atoms with Crippen LogP contribution < -0.4 is 16.2 Å². The van der Waals surface area contributed by atoms with Crippen LogP contribution in [0.25, 0.3) is 10.9 Å². The predicted octanol–water partition coefficient (Wildman–Crippen LogP) is 2.09. The molecule has 3 rings (SSSR count). The number of nitrogens with one attached hydrogen (secondary N) is 2. The molecule has 138 valence electrons. The molecule has 2 aromatic carbocycles. The van der Waals surface area contributed by atoms with Crippen molar-refractivity contribution in [3.8, 4) is 0 Å². The van der Waals surface area contributed by atoms with Gasteiger partial charge in [0.15, 0.2) is 0 Å². The highest BCUT2D eigenvalue weighted by molar-refractivity contribution is 5.97. The van der Waals surface area contributed by atoms with Crippen LogP contribution in [-0.4, -0.2) is 27.9 Å². The minimum atomic E-state index is -0.332. The van der Waals surface area contributed by atoms with Gasteiger partial charge < -0.3 is 10.6 Å². The van der Waals surface area contributed by atoms with Gasteiger partial charge in [0.05, 0.1) is 17.2 Å².